The van der Waals surface area contributed by atoms with Crippen LogP contribution in [0.5, 0.6) is 0 Å². The summed E-state index contributed by atoms with van der Waals surface area (Å²) in [6, 6.07) is 0. The fraction of sp³-hybridized carbons (Fsp3) is 0.381. The largest absolute Gasteiger partial charge is 0.504 e. The molecule has 0 amide bonds. The molecule has 0 N–H and O–H groups in total. The van der Waals surface area contributed by atoms with Crippen molar-refractivity contribution >= 4 is 6.21 Å². The maximum atomic E-state index is 14.3. The molecule has 1 unspecified atom stereocenters. The molecule has 0 aromatic rings. The van der Waals surface area contributed by atoms with Crippen molar-refractivity contribution in [1.29, 1.82) is 0 Å². The van der Waals surface area contributed by atoms with Crippen LogP contribution in [-0.2, 0) is 9.47 Å². The second-order valence-corrected chi connectivity index (χ2v) is 6.40. The number of hydrogen-bond acceptors (Lipinski definition) is 3. The van der Waals surface area contributed by atoms with Crippen LogP contribution in [0.2, 0.25) is 0 Å². The van der Waals surface area contributed by atoms with Gasteiger partial charge in [0.05, 0.1) is 13.4 Å². The first kappa shape index (κ1) is 25.5. The molecule has 166 valence electrons. The van der Waals surface area contributed by atoms with Crippen LogP contribution < -0.4 is 0 Å². The Kier molecular flexibility index (Phi) is 8.47. The predicted molar refractivity (Wildman–Crippen MR) is 104 cm³/mol. The van der Waals surface area contributed by atoms with Gasteiger partial charge in [0.15, 0.2) is 0 Å². The molecule has 0 fully saturated rings. The molecule has 0 aliphatic heterocycles. The topological polar surface area (TPSA) is 30.8 Å². The summed E-state index contributed by atoms with van der Waals surface area (Å²) < 4.78 is 95.6. The van der Waals surface area contributed by atoms with E-state index in [4.69, 9.17) is 4.74 Å². The molecule has 0 radical (unpaired) electrons. The molecule has 1 atom stereocenters. The Hall–Kier alpha value is -2.55. The van der Waals surface area contributed by atoms with Gasteiger partial charge in [0, 0.05) is 20.4 Å². The van der Waals surface area contributed by atoms with Gasteiger partial charge in [-0.25, -0.2) is 0 Å². The van der Waals surface area contributed by atoms with E-state index in [1.165, 1.54) is 40.3 Å². The summed E-state index contributed by atoms with van der Waals surface area (Å²) in [5.41, 5.74) is -7.53. The molecule has 1 aliphatic carbocycles. The van der Waals surface area contributed by atoms with Gasteiger partial charge in [0.25, 0.3) is 0 Å². The first-order chi connectivity index (χ1) is 13.9. The number of aliphatic imine (C=N–C) groups is 1. The van der Waals surface area contributed by atoms with Crippen molar-refractivity contribution in [2.45, 2.75) is 24.9 Å². The minimum Gasteiger partial charge on any atom is -0.504 e. The highest BCUT2D eigenvalue weighted by Gasteiger charge is 2.73. The van der Waals surface area contributed by atoms with Gasteiger partial charge in [0.1, 0.15) is 5.60 Å². The lowest BCUT2D eigenvalue weighted by Crippen LogP contribution is -2.52. The predicted octanol–water partition coefficient (Wildman–Crippen LogP) is 5.90. The van der Waals surface area contributed by atoms with E-state index >= 15 is 0 Å². The highest BCUT2D eigenvalue weighted by molar-refractivity contribution is 5.74. The second kappa shape index (κ2) is 9.97. The van der Waals surface area contributed by atoms with Crippen molar-refractivity contribution in [3.05, 3.63) is 72.1 Å². The molecule has 0 bridgehead atoms. The maximum Gasteiger partial charge on any atom is 0.411 e. The van der Waals surface area contributed by atoms with Gasteiger partial charge in [-0.05, 0) is 42.4 Å². The molecule has 0 saturated heterocycles. The number of allylic oxidation sites excluding steroid dienone is 9. The van der Waals surface area contributed by atoms with Crippen molar-refractivity contribution < 1.29 is 35.8 Å². The van der Waals surface area contributed by atoms with Gasteiger partial charge in [-0.1, -0.05) is 30.4 Å². The molecular weight excluding hydrogens is 412 g/mol. The number of halogens is 6. The van der Waals surface area contributed by atoms with Crippen molar-refractivity contribution in [1.82, 2.24) is 0 Å². The molecule has 0 aromatic heterocycles. The van der Waals surface area contributed by atoms with Crippen molar-refractivity contribution in [3.63, 3.8) is 0 Å². The van der Waals surface area contributed by atoms with E-state index in [9.17, 15) is 26.3 Å². The van der Waals surface area contributed by atoms with Gasteiger partial charge in [-0.3, -0.25) is 4.99 Å². The van der Waals surface area contributed by atoms with E-state index in [2.05, 4.69) is 9.73 Å². The molecule has 0 saturated carbocycles. The summed E-state index contributed by atoms with van der Waals surface area (Å²) in [6.07, 6.45) is -0.607. The molecule has 30 heavy (non-hydrogen) atoms. The quantitative estimate of drug-likeness (QED) is 0.216. The van der Waals surface area contributed by atoms with E-state index < -0.39 is 34.5 Å². The first-order valence-corrected chi connectivity index (χ1v) is 8.66. The third-order valence-corrected chi connectivity index (χ3v) is 4.46. The SMILES string of the molecule is CN=C\C=C(/C=C\C=C\OC)C(C1=CC=CC(C)(OC)C=C1)(C(F)(F)F)C(F)(F)F. The van der Waals surface area contributed by atoms with Crippen molar-refractivity contribution in [2.75, 3.05) is 21.3 Å². The summed E-state index contributed by atoms with van der Waals surface area (Å²) in [6.45, 7) is 1.51. The van der Waals surface area contributed by atoms with Crippen LogP contribution in [0.4, 0.5) is 26.3 Å². The summed E-state index contributed by atoms with van der Waals surface area (Å²) in [7, 11) is 3.83. The number of alkyl halides is 6. The van der Waals surface area contributed by atoms with Gasteiger partial charge in [-0.15, -0.1) is 0 Å². The fourth-order valence-corrected chi connectivity index (χ4v) is 2.82. The van der Waals surface area contributed by atoms with Crippen molar-refractivity contribution in [3.8, 4) is 0 Å². The summed E-state index contributed by atoms with van der Waals surface area (Å²) in [5, 5.41) is 0. The zero-order chi connectivity index (χ0) is 23.1. The highest BCUT2D eigenvalue weighted by Crippen LogP contribution is 2.60. The van der Waals surface area contributed by atoms with Gasteiger partial charge in [-0.2, -0.15) is 26.3 Å². The van der Waals surface area contributed by atoms with E-state index in [1.54, 1.807) is 0 Å². The third-order valence-electron chi connectivity index (χ3n) is 4.46. The molecule has 1 rings (SSSR count). The monoisotopic (exact) mass is 435 g/mol. The molecule has 9 heteroatoms. The maximum absolute atomic E-state index is 14.3. The van der Waals surface area contributed by atoms with Gasteiger partial charge >= 0.3 is 12.4 Å². The summed E-state index contributed by atoms with van der Waals surface area (Å²) in [5.74, 6) is 0. The minimum atomic E-state index is -5.72. The van der Waals surface area contributed by atoms with Crippen LogP contribution in [0.25, 0.3) is 0 Å². The molecule has 1 aliphatic rings. The lowest BCUT2D eigenvalue weighted by molar-refractivity contribution is -0.308. The Bertz CT molecular complexity index is 783. The number of ether oxygens (including phenoxy) is 2. The zero-order valence-electron chi connectivity index (χ0n) is 16.9. The smallest absolute Gasteiger partial charge is 0.411 e. The number of rotatable bonds is 7. The molecule has 3 nitrogen and oxygen atoms in total. The van der Waals surface area contributed by atoms with E-state index in [0.717, 1.165) is 48.9 Å². The zero-order valence-corrected chi connectivity index (χ0v) is 16.9. The van der Waals surface area contributed by atoms with Crippen LogP contribution >= 0.6 is 0 Å². The van der Waals surface area contributed by atoms with Crippen LogP contribution in [0.3, 0.4) is 0 Å². The summed E-state index contributed by atoms with van der Waals surface area (Å²) >= 11 is 0. The first-order valence-electron chi connectivity index (χ1n) is 8.66. The van der Waals surface area contributed by atoms with E-state index in [0.29, 0.717) is 6.08 Å². The standard InChI is InChI=1S/C21H23F6NO2/c1-18(30-4)12-7-9-16(10-13-18)19(20(22,23)24,21(25,26)27)17(11-14-28-2)8-5-6-15-29-3/h5-15H,1-4H3/b8-5-,15-6+,17-11+,28-14?. The fourth-order valence-electron chi connectivity index (χ4n) is 2.82. The van der Waals surface area contributed by atoms with Crippen molar-refractivity contribution in [2.24, 2.45) is 10.4 Å². The van der Waals surface area contributed by atoms with E-state index in [-0.39, 0.29) is 0 Å². The normalized spacial score (nSPS) is 21.7. The Morgan fingerprint density at radius 2 is 1.67 bits per heavy atom. The van der Waals surface area contributed by atoms with Crippen LogP contribution in [-0.4, -0.2) is 45.4 Å². The molecular formula is C21H23F6NO2. The number of nitrogens with zero attached hydrogens (tertiary/aromatic N) is 1. The second-order valence-electron chi connectivity index (χ2n) is 6.40. The molecule has 0 heterocycles. The Balaban J connectivity index is 3.92. The Morgan fingerprint density at radius 1 is 1.03 bits per heavy atom. The van der Waals surface area contributed by atoms with Crippen LogP contribution in [0.15, 0.2) is 77.1 Å². The highest BCUT2D eigenvalue weighted by atomic mass is 19.4. The lowest BCUT2D eigenvalue weighted by atomic mass is 9.71. The molecule has 0 aromatic carbocycles. The average molecular weight is 435 g/mol. The van der Waals surface area contributed by atoms with E-state index in [1.807, 2.05) is 0 Å². The minimum absolute atomic E-state index is 0.691. The third kappa shape index (κ3) is 5.33. The average Bonchev–Trinajstić information content (AvgIpc) is 2.83. The van der Waals surface area contributed by atoms with Gasteiger partial charge in [0.2, 0.25) is 5.41 Å². The molecule has 0 spiro atoms. The number of methoxy groups -OCH3 is 2. The Labute approximate surface area is 171 Å². The van der Waals surface area contributed by atoms with Crippen LogP contribution in [0, 0.1) is 5.41 Å². The van der Waals surface area contributed by atoms with Crippen LogP contribution in [0.1, 0.15) is 6.92 Å². The number of hydrogen-bond donors (Lipinski definition) is 0. The lowest BCUT2D eigenvalue weighted by Gasteiger charge is -2.39. The Morgan fingerprint density at radius 3 is 2.17 bits per heavy atom. The summed E-state index contributed by atoms with van der Waals surface area (Å²) in [4.78, 5) is 3.51. The van der Waals surface area contributed by atoms with Gasteiger partial charge < -0.3 is 9.47 Å².